The number of nitrogens with one attached hydrogen (secondary N) is 3. The van der Waals surface area contributed by atoms with Gasteiger partial charge in [0.05, 0.1) is 36.2 Å². The molecule has 1 heterocycles. The van der Waals surface area contributed by atoms with Crippen molar-refractivity contribution in [2.75, 3.05) is 15.6 Å². The van der Waals surface area contributed by atoms with Gasteiger partial charge in [-0.2, -0.15) is 0 Å². The summed E-state index contributed by atoms with van der Waals surface area (Å²) in [5, 5.41) is 16.3. The molecule has 13 nitrogen and oxygen atoms in total. The molecule has 1 fully saturated rings. The second-order valence-corrected chi connectivity index (χ2v) is 22.8. The van der Waals surface area contributed by atoms with E-state index in [-0.39, 0.29) is 58.6 Å². The molecule has 3 atom stereocenters. The first kappa shape index (κ1) is 56.8. The molecular weight excluding hydrogens is 1080 g/mol. The topological polar surface area (TPSA) is 176 Å². The zero-order valence-electron chi connectivity index (χ0n) is 41.7. The van der Waals surface area contributed by atoms with Crippen LogP contribution in [-0.2, 0) is 24.2 Å². The number of hydrogen-bond acceptors (Lipinski definition) is 10. The molecule has 0 aromatic heterocycles. The van der Waals surface area contributed by atoms with Gasteiger partial charge in [-0.15, -0.1) is 11.8 Å². The van der Waals surface area contributed by atoms with E-state index in [1.165, 1.54) is 78.5 Å². The highest BCUT2D eigenvalue weighted by molar-refractivity contribution is 8.01. The Kier molecular flexibility index (Phi) is 19.8. The second kappa shape index (κ2) is 26.2. The molecule has 75 heavy (non-hydrogen) atoms. The minimum Gasteiger partial charge on any atom is -0.508 e. The number of carbonyl (C=O) groups is 3. The molecule has 0 aliphatic carbocycles. The quantitative estimate of drug-likeness (QED) is 0.0452. The number of hydrazine groups is 1. The van der Waals surface area contributed by atoms with E-state index in [4.69, 9.17) is 60.9 Å². The van der Waals surface area contributed by atoms with E-state index in [2.05, 4.69) is 23.0 Å². The second-order valence-electron chi connectivity index (χ2n) is 18.0. The van der Waals surface area contributed by atoms with Gasteiger partial charge in [-0.3, -0.25) is 19.8 Å². The van der Waals surface area contributed by atoms with Crippen molar-refractivity contribution in [1.29, 1.82) is 0 Å². The van der Waals surface area contributed by atoms with Gasteiger partial charge in [0, 0.05) is 15.6 Å². The molecular formula is C56H57Cl4N5O8S2. The van der Waals surface area contributed by atoms with Crippen molar-refractivity contribution in [3.63, 3.8) is 0 Å². The largest absolute Gasteiger partial charge is 0.508 e. The first-order valence-electron chi connectivity index (χ1n) is 24.5. The van der Waals surface area contributed by atoms with Crippen LogP contribution in [0.2, 0.25) is 20.1 Å². The normalized spacial score (nSPS) is 14.8. The SMILES string of the molecule is CCCCCCCCCCC(Oc1ccc(S(=O)(=O)c2ccc(O)cc2)cc1)C(=O)Nc1ccc(Cl)c(N=C2NN(c3c(Cl)cc(Cl)cc3Cl)C(=O)C2Sc2ccccc2NC(=O)C(C)Oc2ccc(C)cc2C)c1. The molecule has 0 saturated carbocycles. The molecule has 7 rings (SSSR count). The Hall–Kier alpha value is -5.94. The number of hydrogen-bond donors (Lipinski definition) is 4. The van der Waals surface area contributed by atoms with Crippen LogP contribution in [0.5, 0.6) is 17.2 Å². The van der Waals surface area contributed by atoms with Crippen LogP contribution in [0.25, 0.3) is 0 Å². The van der Waals surface area contributed by atoms with Gasteiger partial charge < -0.3 is 25.2 Å². The van der Waals surface area contributed by atoms with Crippen molar-refractivity contribution in [2.24, 2.45) is 4.99 Å². The number of amides is 3. The van der Waals surface area contributed by atoms with Gasteiger partial charge in [0.2, 0.25) is 9.84 Å². The van der Waals surface area contributed by atoms with Gasteiger partial charge >= 0.3 is 0 Å². The molecule has 1 aliphatic heterocycles. The summed E-state index contributed by atoms with van der Waals surface area (Å²) in [6.45, 7) is 7.72. The lowest BCUT2D eigenvalue weighted by Crippen LogP contribution is -2.36. The predicted molar refractivity (Wildman–Crippen MR) is 302 cm³/mol. The molecule has 6 aromatic carbocycles. The van der Waals surface area contributed by atoms with Crippen LogP contribution in [0.1, 0.15) is 82.8 Å². The fourth-order valence-electron chi connectivity index (χ4n) is 8.13. The number of halogens is 4. The summed E-state index contributed by atoms with van der Waals surface area (Å²) in [6, 6.07) is 31.5. The third-order valence-electron chi connectivity index (χ3n) is 12.1. The van der Waals surface area contributed by atoms with Crippen LogP contribution < -0.4 is 30.5 Å². The molecule has 3 unspecified atom stereocenters. The number of aliphatic imine (C=N–C) groups is 1. The smallest absolute Gasteiger partial charge is 0.267 e. The molecule has 6 aromatic rings. The van der Waals surface area contributed by atoms with E-state index < -0.39 is 45.0 Å². The highest BCUT2D eigenvalue weighted by atomic mass is 35.5. The highest BCUT2D eigenvalue weighted by Gasteiger charge is 2.41. The maximum Gasteiger partial charge on any atom is 0.267 e. The summed E-state index contributed by atoms with van der Waals surface area (Å²) >= 11 is 27.5. The number of rotatable bonds is 23. The molecule has 4 N–H and O–H groups in total. The fraction of sp³-hybridized carbons (Fsp3) is 0.286. The summed E-state index contributed by atoms with van der Waals surface area (Å²) in [5.41, 5.74) is 6.09. The average molecular weight is 1130 g/mol. The number of amidine groups is 1. The summed E-state index contributed by atoms with van der Waals surface area (Å²) in [6.07, 6.45) is 6.90. The predicted octanol–water partition coefficient (Wildman–Crippen LogP) is 14.5. The van der Waals surface area contributed by atoms with Crippen LogP contribution in [0, 0.1) is 13.8 Å². The Labute approximate surface area is 462 Å². The minimum atomic E-state index is -3.90. The van der Waals surface area contributed by atoms with Crippen molar-refractivity contribution in [1.82, 2.24) is 5.43 Å². The zero-order valence-corrected chi connectivity index (χ0v) is 46.3. The lowest BCUT2D eigenvalue weighted by atomic mass is 10.1. The van der Waals surface area contributed by atoms with E-state index in [9.17, 15) is 27.9 Å². The standard InChI is InChI=1S/C56H57Cl4N5O8S2/c1-5-6-7-8-9-10-11-12-16-49(73-40-22-26-42(27-23-40)75(70,71)41-24-20-39(66)21-25-41)55(68)61-38-19-28-43(58)47(33-38)62-53-52(56(69)65(64-53)51-44(59)31-37(57)32-45(51)60)74-50-17-14-13-15-46(50)63-54(67)36(4)72-48-29-18-34(2)30-35(48)3/h13-15,17-33,36,49,52,66H,5-12,16H2,1-4H3,(H,61,68)(H,62,64)(H,63,67). The Morgan fingerprint density at radius 3 is 2.07 bits per heavy atom. The van der Waals surface area contributed by atoms with Crippen LogP contribution >= 0.6 is 58.2 Å². The van der Waals surface area contributed by atoms with Crippen molar-refractivity contribution in [2.45, 2.75) is 118 Å². The summed E-state index contributed by atoms with van der Waals surface area (Å²) < 4.78 is 39.0. The molecule has 394 valence electrons. The van der Waals surface area contributed by atoms with Gasteiger partial charge in [-0.1, -0.05) is 128 Å². The molecule has 1 aliphatic rings. The molecule has 0 bridgehead atoms. The highest BCUT2D eigenvalue weighted by Crippen LogP contribution is 2.42. The summed E-state index contributed by atoms with van der Waals surface area (Å²) in [7, 11) is -3.90. The Morgan fingerprint density at radius 1 is 0.760 bits per heavy atom. The number of thioether (sulfide) groups is 1. The van der Waals surface area contributed by atoms with Crippen LogP contribution in [0.3, 0.4) is 0 Å². The number of aromatic hydroxyl groups is 1. The molecule has 1 saturated heterocycles. The van der Waals surface area contributed by atoms with E-state index >= 15 is 0 Å². The number of para-hydroxylation sites is 1. The Bertz CT molecular complexity index is 3140. The van der Waals surface area contributed by atoms with E-state index in [0.29, 0.717) is 34.9 Å². The summed E-state index contributed by atoms with van der Waals surface area (Å²) in [5.74, 6) is -0.460. The van der Waals surface area contributed by atoms with Crippen LogP contribution in [0.4, 0.5) is 22.7 Å². The lowest BCUT2D eigenvalue weighted by molar-refractivity contribution is -0.123. The number of nitrogens with zero attached hydrogens (tertiary/aromatic N) is 2. The number of ether oxygens (including phenoxy) is 2. The van der Waals surface area contributed by atoms with E-state index in [0.717, 1.165) is 55.0 Å². The molecule has 0 spiro atoms. The number of unbranched alkanes of at least 4 members (excludes halogenated alkanes) is 7. The van der Waals surface area contributed by atoms with Crippen molar-refractivity contribution < 1.29 is 37.4 Å². The average Bonchev–Trinajstić information content (AvgIpc) is 3.67. The van der Waals surface area contributed by atoms with Gasteiger partial charge in [0.15, 0.2) is 12.2 Å². The first-order valence-corrected chi connectivity index (χ1v) is 28.3. The number of sulfone groups is 1. The van der Waals surface area contributed by atoms with Gasteiger partial charge in [0.25, 0.3) is 17.7 Å². The van der Waals surface area contributed by atoms with Gasteiger partial charge in [-0.25, -0.2) is 18.4 Å². The third kappa shape index (κ3) is 14.9. The van der Waals surface area contributed by atoms with Gasteiger partial charge in [-0.05, 0) is 136 Å². The number of benzene rings is 6. The van der Waals surface area contributed by atoms with Gasteiger partial charge in [0.1, 0.15) is 34.0 Å². The van der Waals surface area contributed by atoms with Crippen molar-refractivity contribution in [3.05, 3.63) is 153 Å². The number of aryl methyl sites for hydroxylation is 2. The van der Waals surface area contributed by atoms with E-state index in [1.54, 1.807) is 49.4 Å². The molecule has 3 amide bonds. The van der Waals surface area contributed by atoms with Crippen molar-refractivity contribution >= 4 is 114 Å². The Balaban J connectivity index is 1.14. The van der Waals surface area contributed by atoms with E-state index in [1.807, 2.05) is 32.0 Å². The zero-order chi connectivity index (χ0) is 53.8. The Morgan fingerprint density at radius 2 is 1.40 bits per heavy atom. The third-order valence-corrected chi connectivity index (χ3v) is 16.3. The number of carbonyl (C=O) groups excluding carboxylic acids is 3. The number of phenols is 1. The minimum absolute atomic E-state index is 0.0156. The monoisotopic (exact) mass is 1130 g/mol. The summed E-state index contributed by atoms with van der Waals surface area (Å²) in [4.78, 5) is 47.9. The number of phenolic OH excluding ortho intramolecular Hbond substituents is 1. The van der Waals surface area contributed by atoms with Crippen molar-refractivity contribution in [3.8, 4) is 17.2 Å². The van der Waals surface area contributed by atoms with Crippen LogP contribution in [-0.4, -0.2) is 54.5 Å². The van der Waals surface area contributed by atoms with Crippen LogP contribution in [0.15, 0.2) is 141 Å². The first-order chi connectivity index (χ1) is 35.9. The number of anilines is 3. The molecule has 19 heteroatoms. The fourth-order valence-corrected chi connectivity index (χ4v) is 11.6. The molecule has 0 radical (unpaired) electrons. The maximum absolute atomic E-state index is 14.6. The lowest BCUT2D eigenvalue weighted by Gasteiger charge is -2.20. The maximum atomic E-state index is 14.6.